The predicted molar refractivity (Wildman–Crippen MR) is 74.7 cm³/mol. The smallest absolute Gasteiger partial charge is 0.211 e. The van der Waals surface area contributed by atoms with Crippen molar-refractivity contribution >= 4 is 33.0 Å². The molecule has 0 saturated carbocycles. The lowest BCUT2D eigenvalue weighted by molar-refractivity contribution is 0.581. The van der Waals surface area contributed by atoms with E-state index in [1.54, 1.807) is 23.5 Å². The summed E-state index contributed by atoms with van der Waals surface area (Å²) in [5.41, 5.74) is 1.14. The molecule has 1 aromatic carbocycles. The Kier molecular flexibility index (Phi) is 4.40. The molecule has 2 aromatic rings. The third kappa shape index (κ3) is 3.55. The molecule has 0 aliphatic heterocycles. The maximum absolute atomic E-state index is 11.9. The van der Waals surface area contributed by atoms with Gasteiger partial charge in [-0.15, -0.1) is 0 Å². The van der Waals surface area contributed by atoms with Gasteiger partial charge in [0.15, 0.2) is 0 Å². The molecule has 0 amide bonds. The number of thiophene rings is 1. The molecule has 0 saturated heterocycles. The summed E-state index contributed by atoms with van der Waals surface area (Å²) in [6.45, 7) is 0.391. The number of rotatable bonds is 5. The van der Waals surface area contributed by atoms with E-state index in [1.807, 2.05) is 16.8 Å². The Bertz CT molecular complexity index is 592. The summed E-state index contributed by atoms with van der Waals surface area (Å²) >= 11 is 7.32. The summed E-state index contributed by atoms with van der Waals surface area (Å²) < 4.78 is 26.4. The van der Waals surface area contributed by atoms with Gasteiger partial charge in [-0.05, 0) is 53.1 Å². The number of nitrogens with one attached hydrogen (secondary N) is 1. The average molecular weight is 302 g/mol. The topological polar surface area (TPSA) is 46.2 Å². The van der Waals surface area contributed by atoms with Crippen LogP contribution in [0.15, 0.2) is 46.0 Å². The van der Waals surface area contributed by atoms with E-state index < -0.39 is 10.0 Å². The molecule has 2 rings (SSSR count). The van der Waals surface area contributed by atoms with Gasteiger partial charge in [-0.25, -0.2) is 13.1 Å². The number of halogens is 1. The first kappa shape index (κ1) is 13.5. The summed E-state index contributed by atoms with van der Waals surface area (Å²) in [6, 6.07) is 8.11. The van der Waals surface area contributed by atoms with Gasteiger partial charge < -0.3 is 0 Å². The first-order chi connectivity index (χ1) is 8.58. The molecule has 3 nitrogen and oxygen atoms in total. The van der Waals surface area contributed by atoms with Gasteiger partial charge in [0.2, 0.25) is 10.0 Å². The van der Waals surface area contributed by atoms with Crippen LogP contribution < -0.4 is 4.72 Å². The van der Waals surface area contributed by atoms with E-state index >= 15 is 0 Å². The molecule has 1 aromatic heterocycles. The Morgan fingerprint density at radius 2 is 1.89 bits per heavy atom. The van der Waals surface area contributed by atoms with Crippen molar-refractivity contribution in [1.82, 2.24) is 4.72 Å². The Labute approximate surface area is 115 Å². The van der Waals surface area contributed by atoms with Crippen molar-refractivity contribution in [2.45, 2.75) is 11.3 Å². The molecule has 1 heterocycles. The highest BCUT2D eigenvalue weighted by Crippen LogP contribution is 2.14. The first-order valence-electron chi connectivity index (χ1n) is 5.34. The van der Waals surface area contributed by atoms with Crippen molar-refractivity contribution < 1.29 is 8.42 Å². The lowest BCUT2D eigenvalue weighted by Gasteiger charge is -2.06. The van der Waals surface area contributed by atoms with Gasteiger partial charge in [0.1, 0.15) is 0 Å². The van der Waals surface area contributed by atoms with Gasteiger partial charge in [-0.3, -0.25) is 0 Å². The van der Waals surface area contributed by atoms with E-state index in [2.05, 4.69) is 4.72 Å². The van der Waals surface area contributed by atoms with Crippen LogP contribution in [0.1, 0.15) is 5.56 Å². The fraction of sp³-hybridized carbons (Fsp3) is 0.167. The van der Waals surface area contributed by atoms with Crippen molar-refractivity contribution in [2.75, 3.05) is 6.54 Å². The molecular weight excluding hydrogens is 290 g/mol. The van der Waals surface area contributed by atoms with Crippen LogP contribution in [-0.2, 0) is 16.4 Å². The molecule has 0 atom stereocenters. The van der Waals surface area contributed by atoms with Gasteiger partial charge in [-0.2, -0.15) is 11.3 Å². The summed E-state index contributed by atoms with van der Waals surface area (Å²) in [7, 11) is -3.44. The van der Waals surface area contributed by atoms with Gasteiger partial charge in [0, 0.05) is 11.6 Å². The molecule has 0 radical (unpaired) electrons. The number of sulfonamides is 1. The zero-order chi connectivity index (χ0) is 13.0. The van der Waals surface area contributed by atoms with Crippen molar-refractivity contribution in [2.24, 2.45) is 0 Å². The molecule has 0 aliphatic rings. The lowest BCUT2D eigenvalue weighted by Crippen LogP contribution is -2.25. The Morgan fingerprint density at radius 3 is 2.50 bits per heavy atom. The molecule has 0 unspecified atom stereocenters. The Morgan fingerprint density at radius 1 is 1.17 bits per heavy atom. The fourth-order valence-corrected chi connectivity index (χ4v) is 3.32. The highest BCUT2D eigenvalue weighted by atomic mass is 35.5. The molecule has 0 bridgehead atoms. The first-order valence-corrected chi connectivity index (χ1v) is 8.15. The third-order valence-electron chi connectivity index (χ3n) is 2.41. The molecule has 18 heavy (non-hydrogen) atoms. The maximum Gasteiger partial charge on any atom is 0.240 e. The van der Waals surface area contributed by atoms with Gasteiger partial charge >= 0.3 is 0 Å². The molecule has 6 heteroatoms. The quantitative estimate of drug-likeness (QED) is 0.923. The highest BCUT2D eigenvalue weighted by molar-refractivity contribution is 7.89. The number of hydrogen-bond donors (Lipinski definition) is 1. The lowest BCUT2D eigenvalue weighted by atomic mass is 10.2. The van der Waals surface area contributed by atoms with Crippen LogP contribution in [0.2, 0.25) is 5.02 Å². The fourth-order valence-electron chi connectivity index (χ4n) is 1.46. The second-order valence-electron chi connectivity index (χ2n) is 3.73. The summed E-state index contributed by atoms with van der Waals surface area (Å²) in [5, 5.41) is 4.51. The molecule has 96 valence electrons. The Balaban J connectivity index is 1.97. The van der Waals surface area contributed by atoms with Crippen LogP contribution in [0, 0.1) is 0 Å². The monoisotopic (exact) mass is 301 g/mol. The largest absolute Gasteiger partial charge is 0.240 e. The normalized spacial score (nSPS) is 11.6. The average Bonchev–Trinajstić information content (AvgIpc) is 2.82. The van der Waals surface area contributed by atoms with E-state index in [0.29, 0.717) is 18.0 Å². The molecule has 1 N–H and O–H groups in total. The molecule has 0 spiro atoms. The van der Waals surface area contributed by atoms with Crippen LogP contribution in [0.3, 0.4) is 0 Å². The van der Waals surface area contributed by atoms with E-state index in [1.165, 1.54) is 12.1 Å². The summed E-state index contributed by atoms with van der Waals surface area (Å²) in [4.78, 5) is 0.234. The Hall–Kier alpha value is -0.880. The summed E-state index contributed by atoms with van der Waals surface area (Å²) in [6.07, 6.45) is 0.691. The van der Waals surface area contributed by atoms with Crippen LogP contribution in [-0.4, -0.2) is 15.0 Å². The van der Waals surface area contributed by atoms with Gasteiger partial charge in [-0.1, -0.05) is 11.6 Å². The second kappa shape index (κ2) is 5.84. The third-order valence-corrected chi connectivity index (χ3v) is 4.87. The second-order valence-corrected chi connectivity index (χ2v) is 6.72. The molecular formula is C12H12ClNO2S2. The molecule has 0 fully saturated rings. The van der Waals surface area contributed by atoms with Gasteiger partial charge in [0.25, 0.3) is 0 Å². The predicted octanol–water partition coefficient (Wildman–Crippen LogP) is 2.92. The highest BCUT2D eigenvalue weighted by Gasteiger charge is 2.12. The minimum atomic E-state index is -3.44. The van der Waals surface area contributed by atoms with Crippen LogP contribution in [0.25, 0.3) is 0 Å². The van der Waals surface area contributed by atoms with Crippen molar-refractivity contribution in [1.29, 1.82) is 0 Å². The summed E-state index contributed by atoms with van der Waals surface area (Å²) in [5.74, 6) is 0. The minimum absolute atomic E-state index is 0.234. The van der Waals surface area contributed by atoms with Crippen LogP contribution in [0.5, 0.6) is 0 Å². The van der Waals surface area contributed by atoms with Gasteiger partial charge in [0.05, 0.1) is 4.90 Å². The SMILES string of the molecule is O=S(=O)(NCCc1ccsc1)c1ccc(Cl)cc1. The maximum atomic E-state index is 11.9. The van der Waals surface area contributed by atoms with E-state index in [0.717, 1.165) is 5.56 Å². The van der Waals surface area contributed by atoms with Crippen molar-refractivity contribution in [3.05, 3.63) is 51.7 Å². The van der Waals surface area contributed by atoms with E-state index in [-0.39, 0.29) is 4.90 Å². The van der Waals surface area contributed by atoms with Crippen LogP contribution >= 0.6 is 22.9 Å². The van der Waals surface area contributed by atoms with Crippen molar-refractivity contribution in [3.8, 4) is 0 Å². The van der Waals surface area contributed by atoms with Crippen LogP contribution in [0.4, 0.5) is 0 Å². The van der Waals surface area contributed by atoms with E-state index in [4.69, 9.17) is 11.6 Å². The zero-order valence-corrected chi connectivity index (χ0v) is 11.9. The minimum Gasteiger partial charge on any atom is -0.211 e. The molecule has 0 aliphatic carbocycles. The standard InChI is InChI=1S/C12H12ClNO2S2/c13-11-1-3-12(4-2-11)18(15,16)14-7-5-10-6-8-17-9-10/h1-4,6,8-9,14H,5,7H2. The van der Waals surface area contributed by atoms with Crippen molar-refractivity contribution in [3.63, 3.8) is 0 Å². The zero-order valence-electron chi connectivity index (χ0n) is 9.47. The number of hydrogen-bond acceptors (Lipinski definition) is 3. The van der Waals surface area contributed by atoms with E-state index in [9.17, 15) is 8.42 Å². The number of benzene rings is 1.